The van der Waals surface area contributed by atoms with E-state index in [1.165, 1.54) is 23.5 Å². The van der Waals surface area contributed by atoms with Crippen LogP contribution in [0.4, 0.5) is 4.39 Å². The molecule has 162 valence electrons. The number of halogens is 1. The minimum atomic E-state index is -0.298. The summed E-state index contributed by atoms with van der Waals surface area (Å²) in [6.45, 7) is 6.05. The van der Waals surface area contributed by atoms with Crippen molar-refractivity contribution in [2.45, 2.75) is 26.7 Å². The smallest absolute Gasteiger partial charge is 0.265 e. The Morgan fingerprint density at radius 1 is 1.30 bits per heavy atom. The van der Waals surface area contributed by atoms with Crippen LogP contribution in [0.15, 0.2) is 24.3 Å². The number of methoxy groups -OCH3 is 1. The molecular weight excluding hydrogens is 405 g/mol. The van der Waals surface area contributed by atoms with E-state index < -0.39 is 0 Å². The number of carbonyl (C=O) groups excluding carboxylic acids is 2. The third-order valence-electron chi connectivity index (χ3n) is 5.63. The number of rotatable bonds is 7. The molecule has 2 aromatic rings. The number of thiazole rings is 1. The van der Waals surface area contributed by atoms with Crippen LogP contribution in [0.3, 0.4) is 0 Å². The fraction of sp³-hybridized carbons (Fsp3) is 0.500. The number of ether oxygens (including phenoxy) is 1. The predicted molar refractivity (Wildman–Crippen MR) is 115 cm³/mol. The van der Waals surface area contributed by atoms with E-state index in [9.17, 15) is 14.0 Å². The monoisotopic (exact) mass is 433 g/mol. The van der Waals surface area contributed by atoms with Crippen LogP contribution in [0, 0.1) is 24.6 Å². The first-order chi connectivity index (χ1) is 14.4. The van der Waals surface area contributed by atoms with Gasteiger partial charge in [0.25, 0.3) is 5.91 Å². The van der Waals surface area contributed by atoms with Crippen molar-refractivity contribution in [3.63, 3.8) is 0 Å². The maximum absolute atomic E-state index is 13.2. The molecule has 1 saturated heterocycles. The van der Waals surface area contributed by atoms with Crippen molar-refractivity contribution in [1.29, 1.82) is 0 Å². The Morgan fingerprint density at radius 3 is 2.60 bits per heavy atom. The van der Waals surface area contributed by atoms with E-state index in [4.69, 9.17) is 4.74 Å². The first-order valence-electron chi connectivity index (χ1n) is 10.2. The van der Waals surface area contributed by atoms with E-state index in [0.29, 0.717) is 41.8 Å². The molecule has 2 amide bonds. The van der Waals surface area contributed by atoms with E-state index in [1.54, 1.807) is 19.2 Å². The van der Waals surface area contributed by atoms with Gasteiger partial charge in [0.2, 0.25) is 5.91 Å². The van der Waals surface area contributed by atoms with Crippen LogP contribution in [0.1, 0.15) is 35.1 Å². The van der Waals surface area contributed by atoms with Crippen LogP contribution >= 0.6 is 11.3 Å². The lowest BCUT2D eigenvalue weighted by Gasteiger charge is -2.34. The summed E-state index contributed by atoms with van der Waals surface area (Å²) in [5.74, 6) is -0.107. The Hall–Kier alpha value is -2.32. The van der Waals surface area contributed by atoms with Gasteiger partial charge in [0.05, 0.1) is 12.3 Å². The molecule has 1 N–H and O–H groups in total. The second-order valence-electron chi connectivity index (χ2n) is 7.64. The molecule has 0 aliphatic carbocycles. The number of hydrogen-bond acceptors (Lipinski definition) is 5. The van der Waals surface area contributed by atoms with Crippen LogP contribution in [0.25, 0.3) is 10.6 Å². The largest absolute Gasteiger partial charge is 0.383 e. The molecule has 8 heteroatoms. The normalized spacial score (nSPS) is 15.8. The third-order valence-corrected chi connectivity index (χ3v) is 6.83. The number of benzene rings is 1. The fourth-order valence-electron chi connectivity index (χ4n) is 3.71. The first kappa shape index (κ1) is 22.4. The summed E-state index contributed by atoms with van der Waals surface area (Å²) >= 11 is 1.34. The molecule has 1 aliphatic rings. The van der Waals surface area contributed by atoms with Gasteiger partial charge in [-0.25, -0.2) is 9.37 Å². The molecular formula is C22H28FN3O3S. The molecule has 3 rings (SSSR count). The number of nitrogens with one attached hydrogen (secondary N) is 1. The van der Waals surface area contributed by atoms with Crippen molar-refractivity contribution in [2.75, 3.05) is 33.4 Å². The number of aromatic nitrogens is 1. The Labute approximate surface area is 180 Å². The lowest BCUT2D eigenvalue weighted by Crippen LogP contribution is -2.43. The number of likely N-dealkylation sites (tertiary alicyclic amines) is 1. The summed E-state index contributed by atoms with van der Waals surface area (Å²) in [5, 5.41) is 3.61. The van der Waals surface area contributed by atoms with Gasteiger partial charge in [-0.1, -0.05) is 6.92 Å². The third kappa shape index (κ3) is 5.23. The van der Waals surface area contributed by atoms with Gasteiger partial charge in [-0.2, -0.15) is 0 Å². The fourth-order valence-corrected chi connectivity index (χ4v) is 4.75. The summed E-state index contributed by atoms with van der Waals surface area (Å²) in [4.78, 5) is 32.3. The van der Waals surface area contributed by atoms with E-state index in [2.05, 4.69) is 10.3 Å². The molecule has 0 saturated carbocycles. The highest BCUT2D eigenvalue weighted by Gasteiger charge is 2.31. The summed E-state index contributed by atoms with van der Waals surface area (Å²) in [5.41, 5.74) is 1.49. The number of piperidine rings is 1. The highest BCUT2D eigenvalue weighted by Crippen LogP contribution is 2.31. The van der Waals surface area contributed by atoms with Crippen molar-refractivity contribution in [3.8, 4) is 10.6 Å². The lowest BCUT2D eigenvalue weighted by molar-refractivity contribution is -0.126. The second-order valence-corrected chi connectivity index (χ2v) is 8.64. The average molecular weight is 434 g/mol. The SMILES string of the molecule is COCCNC(=O)[C@H](C)C1CCN(C(=O)c2sc(-c3ccc(F)cc3)nc2C)CC1. The van der Waals surface area contributed by atoms with Crippen molar-refractivity contribution in [3.05, 3.63) is 40.7 Å². The van der Waals surface area contributed by atoms with Crippen molar-refractivity contribution in [1.82, 2.24) is 15.2 Å². The summed E-state index contributed by atoms with van der Waals surface area (Å²) < 4.78 is 18.1. The number of hydrogen-bond donors (Lipinski definition) is 1. The van der Waals surface area contributed by atoms with Crippen molar-refractivity contribution in [2.24, 2.45) is 11.8 Å². The van der Waals surface area contributed by atoms with Gasteiger partial charge in [-0.05, 0) is 49.9 Å². The van der Waals surface area contributed by atoms with Gasteiger partial charge in [-0.15, -0.1) is 11.3 Å². The molecule has 0 unspecified atom stereocenters. The number of nitrogens with zero attached hydrogens (tertiary/aromatic N) is 2. The molecule has 1 aliphatic heterocycles. The average Bonchev–Trinajstić information content (AvgIpc) is 3.15. The highest BCUT2D eigenvalue weighted by molar-refractivity contribution is 7.17. The standard InChI is InChI=1S/C22H28FN3O3S/c1-14(20(27)24-10-13-29-3)16-8-11-26(12-9-16)22(28)19-15(2)25-21(30-19)17-4-6-18(23)7-5-17/h4-7,14,16H,8-13H2,1-3H3,(H,24,27)/t14-/m1/s1. The molecule has 1 aromatic carbocycles. The van der Waals surface area contributed by atoms with Crippen LogP contribution in [0.2, 0.25) is 0 Å². The highest BCUT2D eigenvalue weighted by atomic mass is 32.1. The molecule has 1 aromatic heterocycles. The van der Waals surface area contributed by atoms with Gasteiger partial charge >= 0.3 is 0 Å². The quantitative estimate of drug-likeness (QED) is 0.679. The zero-order valence-corrected chi connectivity index (χ0v) is 18.4. The zero-order chi connectivity index (χ0) is 21.7. The van der Waals surface area contributed by atoms with Gasteiger partial charge in [0.1, 0.15) is 15.7 Å². The molecule has 1 atom stereocenters. The first-order valence-corrected chi connectivity index (χ1v) is 11.0. The maximum Gasteiger partial charge on any atom is 0.265 e. The Balaban J connectivity index is 1.59. The minimum Gasteiger partial charge on any atom is -0.383 e. The molecule has 30 heavy (non-hydrogen) atoms. The van der Waals surface area contributed by atoms with E-state index in [0.717, 1.165) is 18.4 Å². The van der Waals surface area contributed by atoms with Gasteiger partial charge in [-0.3, -0.25) is 9.59 Å². The second kappa shape index (κ2) is 10.1. The van der Waals surface area contributed by atoms with E-state index >= 15 is 0 Å². The Kier molecular flexibility index (Phi) is 7.55. The number of aryl methyl sites for hydroxylation is 1. The minimum absolute atomic E-state index is 0.0194. The van der Waals surface area contributed by atoms with E-state index in [-0.39, 0.29) is 29.5 Å². The molecule has 0 spiro atoms. The molecule has 6 nitrogen and oxygen atoms in total. The maximum atomic E-state index is 13.2. The summed E-state index contributed by atoms with van der Waals surface area (Å²) in [6.07, 6.45) is 1.60. The molecule has 0 bridgehead atoms. The van der Waals surface area contributed by atoms with E-state index in [1.807, 2.05) is 18.7 Å². The topological polar surface area (TPSA) is 71.5 Å². The zero-order valence-electron chi connectivity index (χ0n) is 17.6. The van der Waals surface area contributed by atoms with Crippen LogP contribution < -0.4 is 5.32 Å². The van der Waals surface area contributed by atoms with Crippen molar-refractivity contribution < 1.29 is 18.7 Å². The molecule has 2 heterocycles. The molecule has 0 radical (unpaired) electrons. The van der Waals surface area contributed by atoms with Crippen LogP contribution in [0.5, 0.6) is 0 Å². The number of carbonyl (C=O) groups is 2. The van der Waals surface area contributed by atoms with Gasteiger partial charge in [0.15, 0.2) is 0 Å². The lowest BCUT2D eigenvalue weighted by atomic mass is 9.85. The predicted octanol–water partition coefficient (Wildman–Crippen LogP) is 3.51. The summed E-state index contributed by atoms with van der Waals surface area (Å²) in [6, 6.07) is 6.13. The molecule has 1 fully saturated rings. The Morgan fingerprint density at radius 2 is 1.97 bits per heavy atom. The number of amides is 2. The summed E-state index contributed by atoms with van der Waals surface area (Å²) in [7, 11) is 1.61. The van der Waals surface area contributed by atoms with Crippen LogP contribution in [-0.2, 0) is 9.53 Å². The van der Waals surface area contributed by atoms with Gasteiger partial charge in [0, 0.05) is 38.2 Å². The van der Waals surface area contributed by atoms with Gasteiger partial charge < -0.3 is 15.0 Å². The van der Waals surface area contributed by atoms with Crippen LogP contribution in [-0.4, -0.2) is 55.0 Å². The Bertz CT molecular complexity index is 876. The van der Waals surface area contributed by atoms with Crippen molar-refractivity contribution >= 4 is 23.2 Å².